The summed E-state index contributed by atoms with van der Waals surface area (Å²) in [4.78, 5) is 13.1. The molecule has 0 radical (unpaired) electrons. The maximum atomic E-state index is 13.1. The highest BCUT2D eigenvalue weighted by atomic mass is 32.2. The van der Waals surface area contributed by atoms with Crippen molar-refractivity contribution in [1.29, 1.82) is 0 Å². The number of nitrogens with one attached hydrogen (secondary N) is 3. The Bertz CT molecular complexity index is 1220. The Kier molecular flexibility index (Phi) is 8.11. The number of rotatable bonds is 10. The molecule has 0 spiro atoms. The number of benzene rings is 3. The largest absolute Gasteiger partial charge is 0.506 e. The van der Waals surface area contributed by atoms with E-state index >= 15 is 0 Å². The van der Waals surface area contributed by atoms with Crippen LogP contribution in [-0.2, 0) is 14.8 Å². The fraction of sp³-hybridized carbons (Fsp3) is 0.208. The Morgan fingerprint density at radius 1 is 1.00 bits per heavy atom. The van der Waals surface area contributed by atoms with Crippen LogP contribution in [0.3, 0.4) is 0 Å². The van der Waals surface area contributed by atoms with E-state index in [1.165, 1.54) is 18.2 Å². The van der Waals surface area contributed by atoms with Gasteiger partial charge < -0.3 is 20.3 Å². The third-order valence-electron chi connectivity index (χ3n) is 4.97. The topological polar surface area (TPSA) is 137 Å². The van der Waals surface area contributed by atoms with Gasteiger partial charge in [-0.3, -0.25) is 14.8 Å². The Morgan fingerprint density at radius 2 is 1.65 bits per heavy atom. The van der Waals surface area contributed by atoms with Crippen LogP contribution in [0.5, 0.6) is 11.5 Å². The average Bonchev–Trinajstić information content (AvgIpc) is 2.80. The zero-order chi connectivity index (χ0) is 24.7. The van der Waals surface area contributed by atoms with E-state index in [-0.39, 0.29) is 23.9 Å². The summed E-state index contributed by atoms with van der Waals surface area (Å²) in [6, 6.07) is 19.3. The summed E-state index contributed by atoms with van der Waals surface area (Å²) in [5.41, 5.74) is 1.59. The van der Waals surface area contributed by atoms with Gasteiger partial charge in [-0.2, -0.15) is 0 Å². The van der Waals surface area contributed by atoms with Gasteiger partial charge in [0.15, 0.2) is 0 Å². The van der Waals surface area contributed by atoms with Crippen molar-refractivity contribution in [3.05, 3.63) is 83.9 Å². The molecule has 0 saturated carbocycles. The molecule has 0 saturated heterocycles. The number of sulfonamides is 1. The lowest BCUT2D eigenvalue weighted by Crippen LogP contribution is -2.35. The first kappa shape index (κ1) is 25.0. The summed E-state index contributed by atoms with van der Waals surface area (Å²) in [5, 5.41) is 26.5. The average molecular weight is 486 g/mol. The lowest BCUT2D eigenvalue weighted by molar-refractivity contribution is -0.118. The Hall–Kier alpha value is -3.60. The van der Waals surface area contributed by atoms with E-state index in [2.05, 4.69) is 15.4 Å². The smallest absolute Gasteiger partial charge is 0.246 e. The monoisotopic (exact) mass is 485 g/mol. The van der Waals surface area contributed by atoms with Crippen molar-refractivity contribution in [2.45, 2.75) is 12.1 Å². The van der Waals surface area contributed by atoms with Crippen molar-refractivity contribution in [1.82, 2.24) is 5.32 Å². The molecule has 0 heterocycles. The minimum absolute atomic E-state index is 0.0258. The molecule has 0 unspecified atom stereocenters. The van der Waals surface area contributed by atoms with Crippen molar-refractivity contribution >= 4 is 27.3 Å². The molecule has 0 aliphatic heterocycles. The second kappa shape index (κ2) is 11.0. The highest BCUT2D eigenvalue weighted by molar-refractivity contribution is 7.92. The van der Waals surface area contributed by atoms with Crippen LogP contribution >= 0.6 is 0 Å². The number of aliphatic hydroxyl groups is 1. The van der Waals surface area contributed by atoms with Gasteiger partial charge in [-0.1, -0.05) is 36.4 Å². The molecule has 3 rings (SSSR count). The van der Waals surface area contributed by atoms with Gasteiger partial charge in [-0.25, -0.2) is 8.42 Å². The van der Waals surface area contributed by atoms with Crippen LogP contribution in [0, 0.1) is 0 Å². The van der Waals surface area contributed by atoms with Crippen LogP contribution in [0.1, 0.15) is 23.3 Å². The van der Waals surface area contributed by atoms with Crippen molar-refractivity contribution in [2.24, 2.45) is 0 Å². The number of ether oxygens (including phenoxy) is 1. The zero-order valence-corrected chi connectivity index (χ0v) is 19.5. The molecular formula is C24H27N3O6S. The SMILES string of the molecule is COc1ccc([C@@H](NC[C@H](O)c2ccc(O)c(NS(C)(=O)=O)c2)C(=O)Nc2ccccc2)cc1. The summed E-state index contributed by atoms with van der Waals surface area (Å²) in [6.07, 6.45) is -0.131. The number of phenolic OH excluding ortho intramolecular Hbond substituents is 1. The highest BCUT2D eigenvalue weighted by Gasteiger charge is 2.22. The molecular weight excluding hydrogens is 458 g/mol. The number of para-hydroxylation sites is 1. The number of carbonyl (C=O) groups is 1. The van der Waals surface area contributed by atoms with Crippen molar-refractivity contribution in [3.8, 4) is 11.5 Å². The Balaban J connectivity index is 1.79. The summed E-state index contributed by atoms with van der Waals surface area (Å²) < 4.78 is 30.4. The van der Waals surface area contributed by atoms with Crippen molar-refractivity contribution in [3.63, 3.8) is 0 Å². The van der Waals surface area contributed by atoms with E-state index < -0.39 is 22.2 Å². The number of methoxy groups -OCH3 is 1. The van der Waals surface area contributed by atoms with Gasteiger partial charge in [0.2, 0.25) is 15.9 Å². The van der Waals surface area contributed by atoms with Gasteiger partial charge in [0.05, 0.1) is 25.2 Å². The highest BCUT2D eigenvalue weighted by Crippen LogP contribution is 2.28. The maximum absolute atomic E-state index is 13.1. The minimum atomic E-state index is -3.62. The first-order chi connectivity index (χ1) is 16.2. The summed E-state index contributed by atoms with van der Waals surface area (Å²) in [5.74, 6) is 0.0439. The predicted molar refractivity (Wildman–Crippen MR) is 130 cm³/mol. The van der Waals surface area contributed by atoms with Crippen LogP contribution in [-0.4, -0.2) is 44.4 Å². The molecule has 0 bridgehead atoms. The lowest BCUT2D eigenvalue weighted by Gasteiger charge is -2.22. The van der Waals surface area contributed by atoms with E-state index in [0.29, 0.717) is 22.6 Å². The molecule has 180 valence electrons. The number of aromatic hydroxyl groups is 1. The number of aliphatic hydroxyl groups excluding tert-OH is 1. The molecule has 9 nitrogen and oxygen atoms in total. The Labute approximate surface area is 198 Å². The van der Waals surface area contributed by atoms with Gasteiger partial charge in [-0.15, -0.1) is 0 Å². The molecule has 0 fully saturated rings. The van der Waals surface area contributed by atoms with Crippen LogP contribution in [0.2, 0.25) is 0 Å². The Morgan fingerprint density at radius 3 is 2.26 bits per heavy atom. The number of hydrogen-bond donors (Lipinski definition) is 5. The zero-order valence-electron chi connectivity index (χ0n) is 18.7. The van der Waals surface area contributed by atoms with E-state index in [1.54, 1.807) is 43.5 Å². The molecule has 34 heavy (non-hydrogen) atoms. The van der Waals surface area contributed by atoms with Crippen LogP contribution in [0.15, 0.2) is 72.8 Å². The molecule has 3 aromatic rings. The molecule has 10 heteroatoms. The van der Waals surface area contributed by atoms with Gasteiger partial charge in [0.25, 0.3) is 0 Å². The van der Waals surface area contributed by atoms with Gasteiger partial charge >= 0.3 is 0 Å². The molecule has 5 N–H and O–H groups in total. The second-order valence-electron chi connectivity index (χ2n) is 7.64. The third-order valence-corrected chi connectivity index (χ3v) is 5.56. The summed E-state index contributed by atoms with van der Waals surface area (Å²) >= 11 is 0. The first-order valence-electron chi connectivity index (χ1n) is 10.4. The fourth-order valence-corrected chi connectivity index (χ4v) is 3.85. The van der Waals surface area contributed by atoms with E-state index in [0.717, 1.165) is 6.26 Å². The van der Waals surface area contributed by atoms with Gasteiger partial charge in [0, 0.05) is 12.2 Å². The lowest BCUT2D eigenvalue weighted by atomic mass is 10.0. The molecule has 0 aliphatic rings. The molecule has 1 amide bonds. The minimum Gasteiger partial charge on any atom is -0.506 e. The maximum Gasteiger partial charge on any atom is 0.246 e. The number of carbonyl (C=O) groups excluding carboxylic acids is 1. The van der Waals surface area contributed by atoms with E-state index in [1.807, 2.05) is 18.2 Å². The number of amides is 1. The fourth-order valence-electron chi connectivity index (χ4n) is 3.28. The van der Waals surface area contributed by atoms with Crippen molar-refractivity contribution < 1.29 is 28.2 Å². The van der Waals surface area contributed by atoms with Gasteiger partial charge in [0.1, 0.15) is 17.5 Å². The van der Waals surface area contributed by atoms with Crippen LogP contribution in [0.25, 0.3) is 0 Å². The number of anilines is 2. The quantitative estimate of drug-likeness (QED) is 0.279. The van der Waals surface area contributed by atoms with Gasteiger partial charge in [-0.05, 0) is 47.5 Å². The first-order valence-corrected chi connectivity index (χ1v) is 12.3. The number of hydrogen-bond acceptors (Lipinski definition) is 7. The molecule has 0 aromatic heterocycles. The summed E-state index contributed by atoms with van der Waals surface area (Å²) in [6.45, 7) is -0.0258. The van der Waals surface area contributed by atoms with E-state index in [9.17, 15) is 23.4 Å². The molecule has 3 aromatic carbocycles. The second-order valence-corrected chi connectivity index (χ2v) is 9.38. The van der Waals surface area contributed by atoms with Crippen LogP contribution < -0.4 is 20.1 Å². The predicted octanol–water partition coefficient (Wildman–Crippen LogP) is 2.78. The third kappa shape index (κ3) is 6.95. The number of phenols is 1. The molecule has 2 atom stereocenters. The summed E-state index contributed by atoms with van der Waals surface area (Å²) in [7, 11) is -2.07. The van der Waals surface area contributed by atoms with E-state index in [4.69, 9.17) is 4.74 Å². The standard InChI is InChI=1S/C24H27N3O6S/c1-33-19-11-8-16(9-12-19)23(24(30)26-18-6-4-3-5-7-18)25-15-22(29)17-10-13-21(28)20(14-17)27-34(2,31)32/h3-14,22-23,25,27-29H,15H2,1-2H3,(H,26,30)/t22-,23+/m0/s1. The normalized spacial score (nSPS) is 13.0. The van der Waals surface area contributed by atoms with Crippen LogP contribution in [0.4, 0.5) is 11.4 Å². The van der Waals surface area contributed by atoms with Crippen molar-refractivity contribution in [2.75, 3.05) is 29.9 Å². The molecule has 0 aliphatic carbocycles.